The molecule has 1 aromatic rings. The van der Waals surface area contributed by atoms with Gasteiger partial charge in [-0.3, -0.25) is 10.1 Å². The van der Waals surface area contributed by atoms with Crippen molar-refractivity contribution in [1.82, 2.24) is 4.98 Å². The average molecular weight is 276 g/mol. The number of nitrogens with zero attached hydrogens (tertiary/aromatic N) is 3. The third kappa shape index (κ3) is 2.86. The highest BCUT2D eigenvalue weighted by Crippen LogP contribution is 2.31. The first-order valence-electron chi connectivity index (χ1n) is 6.55. The number of aliphatic hydroxyl groups excluding tert-OH is 1. The average Bonchev–Trinajstić information content (AvgIpc) is 2.47. The maximum Gasteiger partial charge on any atom is 0.305 e. The highest BCUT2D eigenvalue weighted by Gasteiger charge is 2.32. The summed E-state index contributed by atoms with van der Waals surface area (Å²) in [5, 5.41) is 32.4. The molecule has 0 bridgehead atoms. The van der Waals surface area contributed by atoms with E-state index in [-0.39, 0.29) is 18.0 Å². The number of anilines is 1. The van der Waals surface area contributed by atoms with Gasteiger partial charge in [0.25, 0.3) is 0 Å². The Kier molecular flexibility index (Phi) is 4.15. The highest BCUT2D eigenvalue weighted by molar-refractivity contribution is 5.51. The van der Waals surface area contributed by atoms with Crippen molar-refractivity contribution >= 4 is 11.5 Å². The van der Waals surface area contributed by atoms with Crippen molar-refractivity contribution < 1.29 is 10.0 Å². The minimum atomic E-state index is -0.627. The van der Waals surface area contributed by atoms with E-state index in [0.717, 1.165) is 32.1 Å². The number of nitrogens with one attached hydrogen (secondary N) is 1. The van der Waals surface area contributed by atoms with Gasteiger partial charge in [0, 0.05) is 6.07 Å². The van der Waals surface area contributed by atoms with Crippen molar-refractivity contribution in [1.29, 1.82) is 5.26 Å². The van der Waals surface area contributed by atoms with Crippen LogP contribution in [0, 0.1) is 21.4 Å². The number of rotatable bonds is 4. The summed E-state index contributed by atoms with van der Waals surface area (Å²) in [7, 11) is 0. The molecule has 106 valence electrons. The van der Waals surface area contributed by atoms with Crippen LogP contribution in [0.4, 0.5) is 11.5 Å². The molecule has 0 aliphatic heterocycles. The fourth-order valence-electron chi connectivity index (χ4n) is 2.57. The molecule has 7 heteroatoms. The zero-order valence-electron chi connectivity index (χ0n) is 11.0. The molecule has 1 aliphatic carbocycles. The summed E-state index contributed by atoms with van der Waals surface area (Å²) >= 11 is 0. The molecule has 1 aromatic heterocycles. The van der Waals surface area contributed by atoms with Crippen molar-refractivity contribution in [3.05, 3.63) is 27.9 Å². The van der Waals surface area contributed by atoms with Gasteiger partial charge in [-0.25, -0.2) is 4.98 Å². The zero-order chi connectivity index (χ0) is 14.6. The van der Waals surface area contributed by atoms with Gasteiger partial charge < -0.3 is 10.4 Å². The van der Waals surface area contributed by atoms with Crippen LogP contribution in [0.5, 0.6) is 0 Å². The van der Waals surface area contributed by atoms with Gasteiger partial charge in [0.05, 0.1) is 17.1 Å². The van der Waals surface area contributed by atoms with Crippen LogP contribution in [0.2, 0.25) is 0 Å². The third-order valence-corrected chi connectivity index (χ3v) is 3.68. The second-order valence-electron chi connectivity index (χ2n) is 5.06. The fraction of sp³-hybridized carbons (Fsp3) is 0.538. The quantitative estimate of drug-likeness (QED) is 0.642. The fourth-order valence-corrected chi connectivity index (χ4v) is 2.57. The largest absolute Gasteiger partial charge is 0.394 e. The molecule has 1 fully saturated rings. The van der Waals surface area contributed by atoms with E-state index < -0.39 is 10.5 Å². The Morgan fingerprint density at radius 3 is 2.70 bits per heavy atom. The number of nitriles is 1. The highest BCUT2D eigenvalue weighted by atomic mass is 16.6. The lowest BCUT2D eigenvalue weighted by molar-refractivity contribution is -0.385. The molecular weight excluding hydrogens is 260 g/mol. The Hall–Kier alpha value is -2.20. The van der Waals surface area contributed by atoms with Crippen molar-refractivity contribution in [2.75, 3.05) is 11.9 Å². The Morgan fingerprint density at radius 1 is 1.45 bits per heavy atom. The smallest absolute Gasteiger partial charge is 0.305 e. The van der Waals surface area contributed by atoms with Gasteiger partial charge in [0.15, 0.2) is 0 Å². The third-order valence-electron chi connectivity index (χ3n) is 3.68. The standard InChI is InChI=1S/C13H16N4O3/c14-8-10-11(17(19)20)4-5-12(15-10)16-13(9-18)6-2-1-3-7-13/h4-5,18H,1-3,6-7,9H2,(H,15,16). The van der Waals surface area contributed by atoms with Crippen LogP contribution in [0.25, 0.3) is 0 Å². The normalized spacial score (nSPS) is 17.2. The molecule has 2 rings (SSSR count). The second kappa shape index (κ2) is 5.84. The number of nitro groups is 1. The predicted octanol–water partition coefficient (Wildman–Crippen LogP) is 1.97. The summed E-state index contributed by atoms with van der Waals surface area (Å²) in [6.45, 7) is -0.0203. The van der Waals surface area contributed by atoms with Crippen LogP contribution < -0.4 is 5.32 Å². The molecule has 2 N–H and O–H groups in total. The summed E-state index contributed by atoms with van der Waals surface area (Å²) < 4.78 is 0. The molecule has 0 unspecified atom stereocenters. The molecule has 0 aromatic carbocycles. The van der Waals surface area contributed by atoms with Crippen molar-refractivity contribution in [2.45, 2.75) is 37.6 Å². The second-order valence-corrected chi connectivity index (χ2v) is 5.06. The minimum Gasteiger partial charge on any atom is -0.394 e. The summed E-state index contributed by atoms with van der Waals surface area (Å²) in [5.41, 5.74) is -0.961. The molecule has 1 aliphatic rings. The number of aliphatic hydroxyl groups is 1. The molecule has 1 saturated carbocycles. The van der Waals surface area contributed by atoms with E-state index in [2.05, 4.69) is 10.3 Å². The lowest BCUT2D eigenvalue weighted by atomic mass is 9.82. The maximum atomic E-state index is 10.8. The van der Waals surface area contributed by atoms with Gasteiger partial charge in [0.1, 0.15) is 11.9 Å². The van der Waals surface area contributed by atoms with Crippen molar-refractivity contribution in [3.8, 4) is 6.07 Å². The van der Waals surface area contributed by atoms with Crippen LogP contribution in [0.15, 0.2) is 12.1 Å². The summed E-state index contributed by atoms with van der Waals surface area (Å²) in [5.74, 6) is 0.392. The first-order chi connectivity index (χ1) is 9.60. The van der Waals surface area contributed by atoms with E-state index in [9.17, 15) is 15.2 Å². The van der Waals surface area contributed by atoms with Crippen molar-refractivity contribution in [2.24, 2.45) is 0 Å². The Balaban J connectivity index is 2.25. The van der Waals surface area contributed by atoms with Crippen LogP contribution in [-0.4, -0.2) is 27.2 Å². The van der Waals surface area contributed by atoms with E-state index in [1.807, 2.05) is 0 Å². The van der Waals surface area contributed by atoms with E-state index in [4.69, 9.17) is 5.26 Å². The maximum absolute atomic E-state index is 10.8. The lowest BCUT2D eigenvalue weighted by Crippen LogP contribution is -2.44. The van der Waals surface area contributed by atoms with Crippen LogP contribution in [-0.2, 0) is 0 Å². The predicted molar refractivity (Wildman–Crippen MR) is 72.1 cm³/mol. The number of hydrogen-bond acceptors (Lipinski definition) is 6. The molecule has 0 amide bonds. The molecule has 0 radical (unpaired) electrons. The lowest BCUT2D eigenvalue weighted by Gasteiger charge is -2.36. The topological polar surface area (TPSA) is 112 Å². The minimum absolute atomic E-state index is 0.0203. The van der Waals surface area contributed by atoms with Gasteiger partial charge >= 0.3 is 5.69 Å². The Bertz CT molecular complexity index is 547. The monoisotopic (exact) mass is 276 g/mol. The zero-order valence-corrected chi connectivity index (χ0v) is 11.0. The van der Waals surface area contributed by atoms with E-state index in [1.54, 1.807) is 6.07 Å². The first kappa shape index (κ1) is 14.2. The first-order valence-corrected chi connectivity index (χ1v) is 6.55. The summed E-state index contributed by atoms with van der Waals surface area (Å²) in [6, 6.07) is 4.47. The molecule has 0 spiro atoms. The molecule has 7 nitrogen and oxygen atoms in total. The van der Waals surface area contributed by atoms with Gasteiger partial charge in [-0.15, -0.1) is 0 Å². The number of hydrogen-bond donors (Lipinski definition) is 2. The molecular formula is C13H16N4O3. The van der Waals surface area contributed by atoms with E-state index >= 15 is 0 Å². The van der Waals surface area contributed by atoms with Gasteiger partial charge in [-0.1, -0.05) is 19.3 Å². The molecule has 1 heterocycles. The Morgan fingerprint density at radius 2 is 2.15 bits per heavy atom. The van der Waals surface area contributed by atoms with Crippen LogP contribution in [0.1, 0.15) is 37.8 Å². The molecule has 0 atom stereocenters. The van der Waals surface area contributed by atoms with Gasteiger partial charge in [-0.2, -0.15) is 5.26 Å². The van der Waals surface area contributed by atoms with Crippen LogP contribution >= 0.6 is 0 Å². The number of aromatic nitrogens is 1. The summed E-state index contributed by atoms with van der Waals surface area (Å²) in [6.07, 6.45) is 4.83. The van der Waals surface area contributed by atoms with Crippen molar-refractivity contribution in [3.63, 3.8) is 0 Å². The van der Waals surface area contributed by atoms with E-state index in [1.165, 1.54) is 12.1 Å². The van der Waals surface area contributed by atoms with Crippen LogP contribution in [0.3, 0.4) is 0 Å². The number of pyridine rings is 1. The van der Waals surface area contributed by atoms with E-state index in [0.29, 0.717) is 5.82 Å². The van der Waals surface area contributed by atoms with Gasteiger partial charge in [-0.05, 0) is 18.9 Å². The summed E-state index contributed by atoms with van der Waals surface area (Å²) in [4.78, 5) is 14.1. The van der Waals surface area contributed by atoms with Gasteiger partial charge in [0.2, 0.25) is 5.69 Å². The Labute approximate surface area is 116 Å². The molecule has 20 heavy (non-hydrogen) atoms. The molecule has 0 saturated heterocycles. The SMILES string of the molecule is N#Cc1nc(NC2(CO)CCCCC2)ccc1[N+](=O)[O-].